The molecule has 6 heteroatoms. The molecule has 0 unspecified atom stereocenters. The first kappa shape index (κ1) is 22.6. The molecule has 0 fully saturated rings. The van der Waals surface area contributed by atoms with Crippen LogP contribution in [-0.2, 0) is 9.59 Å². The van der Waals surface area contributed by atoms with Gasteiger partial charge in [0.15, 0.2) is 0 Å². The zero-order valence-corrected chi connectivity index (χ0v) is 19.6. The van der Waals surface area contributed by atoms with Gasteiger partial charge >= 0.3 is 0 Å². The Kier molecular flexibility index (Phi) is 6.52. The summed E-state index contributed by atoms with van der Waals surface area (Å²) in [6, 6.07) is 20.1. The van der Waals surface area contributed by atoms with Gasteiger partial charge in [-0.1, -0.05) is 60.5 Å². The molecule has 33 heavy (non-hydrogen) atoms. The van der Waals surface area contributed by atoms with E-state index in [9.17, 15) is 9.59 Å². The lowest BCUT2D eigenvalue weighted by atomic mass is 10.0. The summed E-state index contributed by atoms with van der Waals surface area (Å²) in [5, 5.41) is 3.64. The number of hydrogen-bond donors (Lipinski definition) is 1. The minimum atomic E-state index is -0.430. The van der Waals surface area contributed by atoms with Gasteiger partial charge in [0.05, 0.1) is 17.9 Å². The molecule has 3 aromatic rings. The first-order valence-corrected chi connectivity index (χ1v) is 11.2. The van der Waals surface area contributed by atoms with Gasteiger partial charge in [-0.3, -0.25) is 9.59 Å². The summed E-state index contributed by atoms with van der Waals surface area (Å²) in [7, 11) is 0. The van der Waals surface area contributed by atoms with Crippen LogP contribution in [0.15, 0.2) is 72.4 Å². The maximum atomic E-state index is 13.6. The molecule has 2 amide bonds. The molecule has 0 aliphatic carbocycles. The normalized spacial score (nSPS) is 13.6. The van der Waals surface area contributed by atoms with Crippen LogP contribution in [0.4, 0.5) is 11.4 Å². The molecule has 1 heterocycles. The second-order valence-electron chi connectivity index (χ2n) is 7.99. The molecular weight excluding hydrogens is 436 g/mol. The Labute approximate surface area is 198 Å². The molecule has 0 spiro atoms. The van der Waals surface area contributed by atoms with Crippen LogP contribution in [0, 0.1) is 13.8 Å². The van der Waals surface area contributed by atoms with Crippen molar-refractivity contribution in [3.63, 3.8) is 0 Å². The summed E-state index contributed by atoms with van der Waals surface area (Å²) in [4.78, 5) is 28.4. The average molecular weight is 461 g/mol. The van der Waals surface area contributed by atoms with Crippen molar-refractivity contribution in [2.24, 2.45) is 0 Å². The summed E-state index contributed by atoms with van der Waals surface area (Å²) >= 11 is 6.19. The lowest BCUT2D eigenvalue weighted by molar-refractivity contribution is -0.120. The minimum absolute atomic E-state index is 0.218. The lowest BCUT2D eigenvalue weighted by Gasteiger charge is -2.18. The summed E-state index contributed by atoms with van der Waals surface area (Å²) in [5.74, 6) is -0.130. The quantitative estimate of drug-likeness (QED) is 0.430. The van der Waals surface area contributed by atoms with E-state index >= 15 is 0 Å². The Bertz CT molecular complexity index is 1250. The Hall–Kier alpha value is -3.57. The fraction of sp³-hybridized carbons (Fsp3) is 0.185. The zero-order valence-electron chi connectivity index (χ0n) is 18.8. The van der Waals surface area contributed by atoms with Crippen molar-refractivity contribution in [3.8, 4) is 5.75 Å². The van der Waals surface area contributed by atoms with Gasteiger partial charge in [-0.25, -0.2) is 4.90 Å². The third-order valence-corrected chi connectivity index (χ3v) is 5.65. The highest BCUT2D eigenvalue weighted by atomic mass is 35.5. The molecule has 0 saturated heterocycles. The van der Waals surface area contributed by atoms with Gasteiger partial charge in [-0.05, 0) is 55.7 Å². The summed E-state index contributed by atoms with van der Waals surface area (Å²) < 4.78 is 5.72. The van der Waals surface area contributed by atoms with Crippen molar-refractivity contribution < 1.29 is 14.3 Å². The van der Waals surface area contributed by atoms with Crippen LogP contribution in [-0.4, -0.2) is 18.4 Å². The highest BCUT2D eigenvalue weighted by Gasteiger charge is 2.41. The van der Waals surface area contributed by atoms with E-state index in [1.54, 1.807) is 18.2 Å². The van der Waals surface area contributed by atoms with Crippen LogP contribution in [0.25, 0.3) is 5.57 Å². The maximum Gasteiger partial charge on any atom is 0.282 e. The Morgan fingerprint density at radius 1 is 0.939 bits per heavy atom. The third-order valence-electron chi connectivity index (χ3n) is 5.41. The number of nitrogens with one attached hydrogen (secondary N) is 1. The van der Waals surface area contributed by atoms with Gasteiger partial charge in [-0.2, -0.15) is 0 Å². The monoisotopic (exact) mass is 460 g/mol. The molecule has 168 valence electrons. The standard InChI is InChI=1S/C27H25ClN2O3/c1-4-14-33-22-7-5-6-21(16-22)29-25-24(19-11-8-17(2)9-12-19)26(31)30(27(25)32)23-15-20(28)13-10-18(23)3/h5-13,15-16,29H,4,14H2,1-3H3. The van der Waals surface area contributed by atoms with Crippen LogP contribution in [0.1, 0.15) is 30.0 Å². The van der Waals surface area contributed by atoms with Gasteiger partial charge in [-0.15, -0.1) is 0 Å². The number of benzene rings is 3. The molecule has 1 aliphatic rings. The molecule has 3 aromatic carbocycles. The van der Waals surface area contributed by atoms with Crippen molar-refractivity contribution in [1.29, 1.82) is 0 Å². The molecule has 0 saturated carbocycles. The summed E-state index contributed by atoms with van der Waals surface area (Å²) in [6.45, 7) is 6.45. The largest absolute Gasteiger partial charge is 0.494 e. The van der Waals surface area contributed by atoms with E-state index in [1.165, 1.54) is 4.90 Å². The Morgan fingerprint density at radius 2 is 1.70 bits per heavy atom. The fourth-order valence-electron chi connectivity index (χ4n) is 3.70. The number of ether oxygens (including phenoxy) is 1. The molecule has 1 N–H and O–H groups in total. The van der Waals surface area contributed by atoms with Crippen molar-refractivity contribution in [1.82, 2.24) is 0 Å². The van der Waals surface area contributed by atoms with Gasteiger partial charge in [0.25, 0.3) is 11.8 Å². The van der Waals surface area contributed by atoms with Crippen molar-refractivity contribution >= 4 is 40.4 Å². The van der Waals surface area contributed by atoms with Gasteiger partial charge in [0, 0.05) is 16.8 Å². The molecule has 0 bridgehead atoms. The predicted molar refractivity (Wildman–Crippen MR) is 133 cm³/mol. The van der Waals surface area contributed by atoms with Crippen LogP contribution < -0.4 is 15.0 Å². The van der Waals surface area contributed by atoms with E-state index in [2.05, 4.69) is 5.32 Å². The van der Waals surface area contributed by atoms with E-state index in [1.807, 2.05) is 69.3 Å². The second kappa shape index (κ2) is 9.51. The van der Waals surface area contributed by atoms with Crippen LogP contribution in [0.3, 0.4) is 0 Å². The highest BCUT2D eigenvalue weighted by Crippen LogP contribution is 2.36. The van der Waals surface area contributed by atoms with E-state index < -0.39 is 11.8 Å². The SMILES string of the molecule is CCCOc1cccc(NC2=C(c3ccc(C)cc3)C(=O)N(c3cc(Cl)ccc3C)C2=O)c1. The first-order chi connectivity index (χ1) is 15.9. The molecule has 0 radical (unpaired) electrons. The third kappa shape index (κ3) is 4.64. The van der Waals surface area contributed by atoms with Gasteiger partial charge in [0.1, 0.15) is 11.4 Å². The lowest BCUT2D eigenvalue weighted by Crippen LogP contribution is -2.33. The average Bonchev–Trinajstić information content (AvgIpc) is 3.04. The number of carbonyl (C=O) groups is 2. The molecular formula is C27H25ClN2O3. The smallest absolute Gasteiger partial charge is 0.282 e. The molecule has 0 atom stereocenters. The maximum absolute atomic E-state index is 13.6. The Balaban J connectivity index is 1.79. The first-order valence-electron chi connectivity index (χ1n) is 10.8. The van der Waals surface area contributed by atoms with Crippen LogP contribution in [0.2, 0.25) is 5.02 Å². The number of halogens is 1. The Morgan fingerprint density at radius 3 is 2.42 bits per heavy atom. The number of rotatable bonds is 7. The minimum Gasteiger partial charge on any atom is -0.494 e. The number of aryl methyl sites for hydroxylation is 2. The topological polar surface area (TPSA) is 58.6 Å². The number of hydrogen-bond acceptors (Lipinski definition) is 4. The van der Waals surface area contributed by atoms with Crippen molar-refractivity contribution in [3.05, 3.63) is 94.1 Å². The van der Waals surface area contributed by atoms with Gasteiger partial charge < -0.3 is 10.1 Å². The number of amides is 2. The van der Waals surface area contributed by atoms with E-state index in [0.717, 1.165) is 17.5 Å². The number of nitrogens with zero attached hydrogens (tertiary/aromatic N) is 1. The molecule has 5 nitrogen and oxygen atoms in total. The second-order valence-corrected chi connectivity index (χ2v) is 8.43. The molecule has 1 aliphatic heterocycles. The van der Waals surface area contributed by atoms with E-state index in [4.69, 9.17) is 16.3 Å². The predicted octanol–water partition coefficient (Wildman–Crippen LogP) is 6.14. The van der Waals surface area contributed by atoms with Crippen LogP contribution in [0.5, 0.6) is 5.75 Å². The summed E-state index contributed by atoms with van der Waals surface area (Å²) in [5.41, 5.74) is 4.18. The number of imide groups is 1. The van der Waals surface area contributed by atoms with Crippen LogP contribution >= 0.6 is 11.6 Å². The van der Waals surface area contributed by atoms with Gasteiger partial charge in [0.2, 0.25) is 0 Å². The fourth-order valence-corrected chi connectivity index (χ4v) is 3.87. The zero-order chi connectivity index (χ0) is 23.5. The highest BCUT2D eigenvalue weighted by molar-refractivity contribution is 6.46. The molecule has 4 rings (SSSR count). The number of carbonyl (C=O) groups excluding carboxylic acids is 2. The van der Waals surface area contributed by atoms with E-state index in [0.29, 0.717) is 39.9 Å². The summed E-state index contributed by atoms with van der Waals surface area (Å²) in [6.07, 6.45) is 0.890. The van der Waals surface area contributed by atoms with E-state index in [-0.39, 0.29) is 5.70 Å². The van der Waals surface area contributed by atoms with Crippen molar-refractivity contribution in [2.45, 2.75) is 27.2 Å². The molecule has 0 aromatic heterocycles. The number of anilines is 2. The van der Waals surface area contributed by atoms with Crippen molar-refractivity contribution in [2.75, 3.05) is 16.8 Å².